The van der Waals surface area contributed by atoms with Crippen molar-refractivity contribution in [3.63, 3.8) is 0 Å². The Morgan fingerprint density at radius 1 is 1.50 bits per heavy atom. The molecule has 7 heteroatoms. The van der Waals surface area contributed by atoms with E-state index in [0.29, 0.717) is 12.4 Å². The standard InChI is InChI=1S/C13H18F3N3O/c1-2-20-11-6-9(13(14,15)16)7-18-12(11)19-5-3-4-10(17)8-19/h6-7,10H,2-5,8,17H2,1H3. The van der Waals surface area contributed by atoms with Gasteiger partial charge in [-0.15, -0.1) is 0 Å². The minimum Gasteiger partial charge on any atom is -0.490 e. The van der Waals surface area contributed by atoms with Crippen LogP contribution in [0, 0.1) is 0 Å². The fourth-order valence-electron chi connectivity index (χ4n) is 2.29. The minimum atomic E-state index is -4.42. The van der Waals surface area contributed by atoms with Gasteiger partial charge in [-0.05, 0) is 25.8 Å². The normalized spacial score (nSPS) is 20.1. The summed E-state index contributed by atoms with van der Waals surface area (Å²) in [5.41, 5.74) is 5.10. The van der Waals surface area contributed by atoms with Crippen LogP contribution < -0.4 is 15.4 Å². The Morgan fingerprint density at radius 2 is 2.25 bits per heavy atom. The second-order valence-corrected chi connectivity index (χ2v) is 4.82. The van der Waals surface area contributed by atoms with Gasteiger partial charge in [0.15, 0.2) is 11.6 Å². The van der Waals surface area contributed by atoms with Crippen molar-refractivity contribution in [2.24, 2.45) is 5.73 Å². The molecule has 4 nitrogen and oxygen atoms in total. The Kier molecular flexibility index (Phi) is 4.37. The zero-order chi connectivity index (χ0) is 14.8. The third-order valence-corrected chi connectivity index (χ3v) is 3.22. The van der Waals surface area contributed by atoms with Crippen LogP contribution in [0.5, 0.6) is 5.75 Å². The molecule has 1 saturated heterocycles. The summed E-state index contributed by atoms with van der Waals surface area (Å²) in [4.78, 5) is 5.84. The average molecular weight is 289 g/mol. The molecular weight excluding hydrogens is 271 g/mol. The van der Waals surface area contributed by atoms with Gasteiger partial charge >= 0.3 is 6.18 Å². The summed E-state index contributed by atoms with van der Waals surface area (Å²) < 4.78 is 43.5. The highest BCUT2D eigenvalue weighted by Gasteiger charge is 2.33. The first-order valence-electron chi connectivity index (χ1n) is 6.62. The Hall–Kier alpha value is -1.50. The van der Waals surface area contributed by atoms with Gasteiger partial charge in [-0.1, -0.05) is 0 Å². The Labute approximate surface area is 115 Å². The fourth-order valence-corrected chi connectivity index (χ4v) is 2.29. The molecule has 0 radical (unpaired) electrons. The van der Waals surface area contributed by atoms with Crippen molar-refractivity contribution in [3.8, 4) is 5.75 Å². The Bertz CT molecular complexity index is 465. The molecule has 1 aliphatic rings. The first kappa shape index (κ1) is 14.9. The van der Waals surface area contributed by atoms with Gasteiger partial charge in [0.1, 0.15) is 0 Å². The molecule has 20 heavy (non-hydrogen) atoms. The highest BCUT2D eigenvalue weighted by Crippen LogP contribution is 2.35. The molecule has 1 unspecified atom stereocenters. The molecule has 1 fully saturated rings. The topological polar surface area (TPSA) is 51.4 Å². The molecule has 0 amide bonds. The summed E-state index contributed by atoms with van der Waals surface area (Å²) in [6.07, 6.45) is -1.76. The van der Waals surface area contributed by atoms with Gasteiger partial charge in [-0.25, -0.2) is 4.98 Å². The number of halogens is 3. The predicted octanol–water partition coefficient (Wildman–Crippen LogP) is 2.43. The summed E-state index contributed by atoms with van der Waals surface area (Å²) in [7, 11) is 0. The smallest absolute Gasteiger partial charge is 0.418 e. The molecule has 0 bridgehead atoms. The van der Waals surface area contributed by atoms with Crippen molar-refractivity contribution in [1.82, 2.24) is 4.98 Å². The molecule has 0 spiro atoms. The van der Waals surface area contributed by atoms with Crippen molar-refractivity contribution in [2.45, 2.75) is 32.0 Å². The van der Waals surface area contributed by atoms with Gasteiger partial charge in [-0.3, -0.25) is 0 Å². The van der Waals surface area contributed by atoms with Crippen LogP contribution in [-0.4, -0.2) is 30.7 Å². The van der Waals surface area contributed by atoms with Crippen molar-refractivity contribution in [3.05, 3.63) is 17.8 Å². The van der Waals surface area contributed by atoms with Gasteiger partial charge in [0.05, 0.1) is 12.2 Å². The molecule has 2 rings (SSSR count). The monoisotopic (exact) mass is 289 g/mol. The number of hydrogen-bond donors (Lipinski definition) is 1. The van der Waals surface area contributed by atoms with Crippen molar-refractivity contribution >= 4 is 5.82 Å². The highest BCUT2D eigenvalue weighted by atomic mass is 19.4. The summed E-state index contributed by atoms with van der Waals surface area (Å²) in [5, 5.41) is 0. The highest BCUT2D eigenvalue weighted by molar-refractivity contribution is 5.54. The quantitative estimate of drug-likeness (QED) is 0.928. The van der Waals surface area contributed by atoms with Crippen molar-refractivity contribution in [2.75, 3.05) is 24.6 Å². The lowest BCUT2D eigenvalue weighted by Crippen LogP contribution is -2.43. The van der Waals surface area contributed by atoms with Crippen molar-refractivity contribution < 1.29 is 17.9 Å². The number of piperidine rings is 1. The molecule has 1 atom stereocenters. The molecule has 2 heterocycles. The van der Waals surface area contributed by atoms with E-state index in [4.69, 9.17) is 10.5 Å². The molecule has 1 aromatic rings. The van der Waals surface area contributed by atoms with Gasteiger partial charge in [0.25, 0.3) is 0 Å². The van der Waals surface area contributed by atoms with Crippen molar-refractivity contribution in [1.29, 1.82) is 0 Å². The van der Waals surface area contributed by atoms with Crippen LogP contribution in [0.4, 0.5) is 19.0 Å². The Morgan fingerprint density at radius 3 is 2.85 bits per heavy atom. The lowest BCUT2D eigenvalue weighted by Gasteiger charge is -2.32. The average Bonchev–Trinajstić information content (AvgIpc) is 2.38. The molecule has 0 aromatic carbocycles. The van der Waals surface area contributed by atoms with Gasteiger partial charge in [0.2, 0.25) is 0 Å². The van der Waals surface area contributed by atoms with Crippen LogP contribution in [0.3, 0.4) is 0 Å². The maximum absolute atomic E-state index is 12.7. The molecule has 112 valence electrons. The maximum Gasteiger partial charge on any atom is 0.418 e. The zero-order valence-corrected chi connectivity index (χ0v) is 11.3. The van der Waals surface area contributed by atoms with E-state index >= 15 is 0 Å². The second-order valence-electron chi connectivity index (χ2n) is 4.82. The molecule has 1 aromatic heterocycles. The summed E-state index contributed by atoms with van der Waals surface area (Å²) in [5.74, 6) is 0.603. The minimum absolute atomic E-state index is 0.0160. The number of hydrogen-bond acceptors (Lipinski definition) is 4. The number of rotatable bonds is 3. The predicted molar refractivity (Wildman–Crippen MR) is 69.8 cm³/mol. The third-order valence-electron chi connectivity index (χ3n) is 3.22. The molecule has 1 aliphatic heterocycles. The van der Waals surface area contributed by atoms with E-state index in [1.165, 1.54) is 0 Å². The number of nitrogens with zero attached hydrogens (tertiary/aromatic N) is 2. The van der Waals surface area contributed by atoms with E-state index in [2.05, 4.69) is 4.98 Å². The van der Waals surface area contributed by atoms with Crippen LogP contribution in [-0.2, 0) is 6.18 Å². The van der Waals surface area contributed by atoms with Gasteiger partial charge in [-0.2, -0.15) is 13.2 Å². The number of anilines is 1. The molecule has 0 saturated carbocycles. The SMILES string of the molecule is CCOc1cc(C(F)(F)F)cnc1N1CCCC(N)C1. The summed E-state index contributed by atoms with van der Waals surface area (Å²) in [6.45, 7) is 3.33. The van der Waals surface area contributed by atoms with Crippen LogP contribution in [0.25, 0.3) is 0 Å². The van der Waals surface area contributed by atoms with Gasteiger partial charge in [0, 0.05) is 25.3 Å². The van der Waals surface area contributed by atoms with E-state index in [0.717, 1.165) is 31.6 Å². The lowest BCUT2D eigenvalue weighted by molar-refractivity contribution is -0.137. The number of ether oxygens (including phenoxy) is 1. The van der Waals surface area contributed by atoms with Crippen LogP contribution >= 0.6 is 0 Å². The van der Waals surface area contributed by atoms with Gasteiger partial charge < -0.3 is 15.4 Å². The number of nitrogens with two attached hydrogens (primary N) is 1. The number of aromatic nitrogens is 1. The largest absolute Gasteiger partial charge is 0.490 e. The van der Waals surface area contributed by atoms with Crippen LogP contribution in [0.2, 0.25) is 0 Å². The number of pyridine rings is 1. The first-order valence-corrected chi connectivity index (χ1v) is 6.62. The van der Waals surface area contributed by atoms with E-state index in [9.17, 15) is 13.2 Å². The van der Waals surface area contributed by atoms with Crippen LogP contribution in [0.1, 0.15) is 25.3 Å². The molecule has 0 aliphatic carbocycles. The first-order chi connectivity index (χ1) is 9.41. The maximum atomic E-state index is 12.7. The molecular formula is C13H18F3N3O. The summed E-state index contributed by atoms with van der Waals surface area (Å²) in [6, 6.07) is 1.02. The van der Waals surface area contributed by atoms with E-state index < -0.39 is 11.7 Å². The van der Waals surface area contributed by atoms with E-state index in [-0.39, 0.29) is 18.4 Å². The lowest BCUT2D eigenvalue weighted by atomic mass is 10.1. The molecule has 2 N–H and O–H groups in total. The summed E-state index contributed by atoms with van der Waals surface area (Å²) >= 11 is 0. The third kappa shape index (κ3) is 3.33. The zero-order valence-electron chi connectivity index (χ0n) is 11.3. The second kappa shape index (κ2) is 5.87. The number of alkyl halides is 3. The Balaban J connectivity index is 2.32. The van der Waals surface area contributed by atoms with E-state index in [1.807, 2.05) is 4.90 Å². The van der Waals surface area contributed by atoms with Crippen LogP contribution in [0.15, 0.2) is 12.3 Å². The van der Waals surface area contributed by atoms with E-state index in [1.54, 1.807) is 6.92 Å². The fraction of sp³-hybridized carbons (Fsp3) is 0.615.